The van der Waals surface area contributed by atoms with E-state index in [0.29, 0.717) is 17.4 Å². The number of carbonyl (C=O) groups is 1. The fourth-order valence-corrected chi connectivity index (χ4v) is 2.97. The molecule has 3 rings (SSSR count). The third-order valence-corrected chi connectivity index (χ3v) is 4.48. The summed E-state index contributed by atoms with van der Waals surface area (Å²) in [5, 5.41) is 4.30. The van der Waals surface area contributed by atoms with Gasteiger partial charge in [0.2, 0.25) is 0 Å². The summed E-state index contributed by atoms with van der Waals surface area (Å²) in [6.45, 7) is 6.49. The third kappa shape index (κ3) is 2.78. The molecule has 0 aliphatic heterocycles. The summed E-state index contributed by atoms with van der Waals surface area (Å²) in [6, 6.07) is 7.78. The lowest BCUT2D eigenvalue weighted by atomic mass is 9.74. The number of carbonyl (C=O) groups excluding carboxylic acids is 1. The molecule has 1 aromatic rings. The lowest BCUT2D eigenvalue weighted by Gasteiger charge is -2.31. The minimum atomic E-state index is -0.127. The average molecular weight is 282 g/mol. The van der Waals surface area contributed by atoms with Crippen LogP contribution < -0.4 is 5.43 Å². The molecule has 0 heterocycles. The van der Waals surface area contributed by atoms with Crippen molar-refractivity contribution >= 4 is 11.6 Å². The third-order valence-electron chi connectivity index (χ3n) is 4.48. The largest absolute Gasteiger partial charge is 0.271 e. The molecule has 0 bridgehead atoms. The fraction of sp³-hybridized carbons (Fsp3) is 0.444. The van der Waals surface area contributed by atoms with Crippen LogP contribution in [0.3, 0.4) is 0 Å². The van der Waals surface area contributed by atoms with Crippen LogP contribution in [0.2, 0.25) is 0 Å². The van der Waals surface area contributed by atoms with E-state index >= 15 is 0 Å². The number of benzene rings is 1. The maximum atomic E-state index is 12.1. The van der Waals surface area contributed by atoms with E-state index in [1.807, 2.05) is 24.3 Å². The Balaban J connectivity index is 1.62. The first-order valence-electron chi connectivity index (χ1n) is 7.59. The number of nitrogens with one attached hydrogen (secondary N) is 1. The second-order valence-corrected chi connectivity index (χ2v) is 7.01. The molecule has 0 radical (unpaired) electrons. The number of hydrogen-bond acceptors (Lipinski definition) is 2. The van der Waals surface area contributed by atoms with Crippen molar-refractivity contribution < 1.29 is 4.79 Å². The molecule has 2 aliphatic carbocycles. The molecule has 2 atom stereocenters. The SMILES string of the molecule is CC(C)(C)c1ccc(C(=O)N/N=C2/C[C@H]3C=CC[C@@H]23)cc1. The predicted molar refractivity (Wildman–Crippen MR) is 85.4 cm³/mol. The van der Waals surface area contributed by atoms with Crippen LogP contribution in [0.1, 0.15) is 49.5 Å². The van der Waals surface area contributed by atoms with Crippen molar-refractivity contribution in [3.63, 3.8) is 0 Å². The Kier molecular flexibility index (Phi) is 3.44. The smallest absolute Gasteiger partial charge is 0.267 e. The van der Waals surface area contributed by atoms with E-state index in [0.717, 1.165) is 18.6 Å². The zero-order valence-electron chi connectivity index (χ0n) is 12.9. The molecule has 1 saturated carbocycles. The number of rotatable bonds is 2. The standard InChI is InChI=1S/C18H22N2O/c1-18(2,3)14-9-7-12(8-10-14)17(21)20-19-16-11-13-5-4-6-15(13)16/h4-5,7-10,13,15H,6,11H2,1-3H3,(H,20,21)/b19-16-/t13-,15-/m1/s1. The Morgan fingerprint density at radius 2 is 1.95 bits per heavy atom. The van der Waals surface area contributed by atoms with Crippen LogP contribution in [0.5, 0.6) is 0 Å². The van der Waals surface area contributed by atoms with Gasteiger partial charge in [-0.3, -0.25) is 4.79 Å². The van der Waals surface area contributed by atoms with Crippen LogP contribution in [0.15, 0.2) is 41.5 Å². The molecular formula is C18H22N2O. The topological polar surface area (TPSA) is 41.5 Å². The Bertz CT molecular complexity index is 605. The highest BCUT2D eigenvalue weighted by atomic mass is 16.2. The van der Waals surface area contributed by atoms with Crippen molar-refractivity contribution in [1.82, 2.24) is 5.43 Å². The molecule has 1 fully saturated rings. The molecule has 3 nitrogen and oxygen atoms in total. The monoisotopic (exact) mass is 282 g/mol. The summed E-state index contributed by atoms with van der Waals surface area (Å²) in [5.41, 5.74) is 5.81. The second kappa shape index (κ2) is 5.14. The fourth-order valence-electron chi connectivity index (χ4n) is 2.97. The van der Waals surface area contributed by atoms with E-state index in [1.54, 1.807) is 0 Å². The molecule has 3 heteroatoms. The van der Waals surface area contributed by atoms with Crippen molar-refractivity contribution in [2.24, 2.45) is 16.9 Å². The number of hydrogen-bond donors (Lipinski definition) is 1. The van der Waals surface area contributed by atoms with Crippen LogP contribution in [-0.2, 0) is 5.41 Å². The van der Waals surface area contributed by atoms with Gasteiger partial charge in [-0.25, -0.2) is 5.43 Å². The van der Waals surface area contributed by atoms with Gasteiger partial charge in [0.25, 0.3) is 5.91 Å². The molecule has 110 valence electrons. The number of fused-ring (bicyclic) bond motifs is 1. The first-order valence-corrected chi connectivity index (χ1v) is 7.59. The molecule has 2 aliphatic rings. The first kappa shape index (κ1) is 14.1. The maximum Gasteiger partial charge on any atom is 0.271 e. The molecule has 0 unspecified atom stereocenters. The van der Waals surface area contributed by atoms with Gasteiger partial charge in [-0.05, 0) is 41.9 Å². The summed E-state index contributed by atoms with van der Waals surface area (Å²) < 4.78 is 0. The normalized spacial score (nSPS) is 25.6. The zero-order chi connectivity index (χ0) is 15.0. The highest BCUT2D eigenvalue weighted by Gasteiger charge is 2.38. The number of allylic oxidation sites excluding steroid dienone is 2. The van der Waals surface area contributed by atoms with Crippen molar-refractivity contribution in [1.29, 1.82) is 0 Å². The lowest BCUT2D eigenvalue weighted by molar-refractivity contribution is 0.0954. The summed E-state index contributed by atoms with van der Waals surface area (Å²) in [4.78, 5) is 12.1. The molecule has 1 aromatic carbocycles. The Morgan fingerprint density at radius 3 is 2.57 bits per heavy atom. The summed E-state index contributed by atoms with van der Waals surface area (Å²) >= 11 is 0. The lowest BCUT2D eigenvalue weighted by Crippen LogP contribution is -2.35. The van der Waals surface area contributed by atoms with Crippen molar-refractivity contribution in [2.45, 2.75) is 39.0 Å². The van der Waals surface area contributed by atoms with Gasteiger partial charge in [-0.15, -0.1) is 0 Å². The number of nitrogens with zero attached hydrogens (tertiary/aromatic N) is 1. The second-order valence-electron chi connectivity index (χ2n) is 7.01. The van der Waals surface area contributed by atoms with Gasteiger partial charge < -0.3 is 0 Å². The molecule has 1 N–H and O–H groups in total. The molecule has 0 saturated heterocycles. The van der Waals surface area contributed by atoms with E-state index in [-0.39, 0.29) is 11.3 Å². The average Bonchev–Trinajstić information content (AvgIpc) is 2.79. The predicted octanol–water partition coefficient (Wildman–Crippen LogP) is 3.67. The molecule has 0 spiro atoms. The maximum absolute atomic E-state index is 12.1. The van der Waals surface area contributed by atoms with Gasteiger partial charge in [0.1, 0.15) is 0 Å². The van der Waals surface area contributed by atoms with Crippen molar-refractivity contribution in [3.05, 3.63) is 47.5 Å². The van der Waals surface area contributed by atoms with Gasteiger partial charge >= 0.3 is 0 Å². The van der Waals surface area contributed by atoms with E-state index in [1.165, 1.54) is 5.56 Å². The Hall–Kier alpha value is -1.90. The van der Waals surface area contributed by atoms with Gasteiger partial charge in [0, 0.05) is 17.2 Å². The van der Waals surface area contributed by atoms with Crippen molar-refractivity contribution in [2.75, 3.05) is 0 Å². The zero-order valence-corrected chi connectivity index (χ0v) is 12.9. The summed E-state index contributed by atoms with van der Waals surface area (Å²) in [7, 11) is 0. The highest BCUT2D eigenvalue weighted by Crippen LogP contribution is 2.40. The quantitative estimate of drug-likeness (QED) is 0.652. The summed E-state index contributed by atoms with van der Waals surface area (Å²) in [5.74, 6) is 1.07. The highest BCUT2D eigenvalue weighted by molar-refractivity contribution is 5.98. The summed E-state index contributed by atoms with van der Waals surface area (Å²) in [6.07, 6.45) is 6.53. The Labute approximate surface area is 126 Å². The van der Waals surface area contributed by atoms with Crippen molar-refractivity contribution in [3.8, 4) is 0 Å². The molecule has 21 heavy (non-hydrogen) atoms. The van der Waals surface area contributed by atoms with Crippen LogP contribution in [0.4, 0.5) is 0 Å². The van der Waals surface area contributed by atoms with Gasteiger partial charge in [0.15, 0.2) is 0 Å². The van der Waals surface area contributed by atoms with Gasteiger partial charge in [0.05, 0.1) is 0 Å². The van der Waals surface area contributed by atoms with Crippen LogP contribution in [0.25, 0.3) is 0 Å². The van der Waals surface area contributed by atoms with Gasteiger partial charge in [-0.1, -0.05) is 45.1 Å². The Morgan fingerprint density at radius 1 is 1.24 bits per heavy atom. The van der Waals surface area contributed by atoms with Crippen LogP contribution >= 0.6 is 0 Å². The number of amides is 1. The van der Waals surface area contributed by atoms with Gasteiger partial charge in [-0.2, -0.15) is 5.10 Å². The van der Waals surface area contributed by atoms with E-state index in [2.05, 4.69) is 43.5 Å². The first-order chi connectivity index (χ1) is 9.95. The molecule has 1 amide bonds. The van der Waals surface area contributed by atoms with Crippen LogP contribution in [-0.4, -0.2) is 11.6 Å². The van der Waals surface area contributed by atoms with E-state index in [4.69, 9.17) is 0 Å². The van der Waals surface area contributed by atoms with E-state index in [9.17, 15) is 4.79 Å². The molecule has 0 aromatic heterocycles. The number of hydrazone groups is 1. The van der Waals surface area contributed by atoms with E-state index < -0.39 is 0 Å². The van der Waals surface area contributed by atoms with Crippen LogP contribution in [0, 0.1) is 11.8 Å². The minimum Gasteiger partial charge on any atom is -0.267 e. The molecular weight excluding hydrogens is 260 g/mol. The minimum absolute atomic E-state index is 0.103.